The van der Waals surface area contributed by atoms with Crippen LogP contribution in [0.15, 0.2) is 11.8 Å². The summed E-state index contributed by atoms with van der Waals surface area (Å²) in [5.74, 6) is 0. The molecule has 0 atom stereocenters. The first-order valence-corrected chi connectivity index (χ1v) is 2.84. The SMILES string of the molecule is CN/C(C)=C\C(=N)CN. The Balaban J connectivity index is 3.79. The number of hydrogen-bond acceptors (Lipinski definition) is 3. The predicted octanol–water partition coefficient (Wildman–Crippen LogP) is 0.0881. The molecule has 0 saturated carbocycles. The normalized spacial score (nSPS) is 11.2. The fraction of sp³-hybridized carbons (Fsp3) is 0.500. The van der Waals surface area contributed by atoms with Crippen LogP contribution in [0.2, 0.25) is 0 Å². The molecule has 0 aromatic rings. The molecule has 0 unspecified atom stereocenters. The molecule has 0 aliphatic heterocycles. The van der Waals surface area contributed by atoms with Crippen LogP contribution in [0.1, 0.15) is 6.92 Å². The van der Waals surface area contributed by atoms with E-state index >= 15 is 0 Å². The number of allylic oxidation sites excluding steroid dienone is 1. The zero-order valence-corrected chi connectivity index (χ0v) is 5.86. The maximum absolute atomic E-state index is 7.13. The van der Waals surface area contributed by atoms with E-state index in [0.717, 1.165) is 5.70 Å². The molecule has 9 heavy (non-hydrogen) atoms. The van der Waals surface area contributed by atoms with Crippen molar-refractivity contribution in [2.75, 3.05) is 13.6 Å². The fourth-order valence-corrected chi connectivity index (χ4v) is 0.392. The molecule has 0 radical (unpaired) electrons. The molecule has 0 aliphatic rings. The number of hydrogen-bond donors (Lipinski definition) is 3. The minimum absolute atomic E-state index is 0.305. The van der Waals surface area contributed by atoms with Gasteiger partial charge in [0.15, 0.2) is 0 Å². The zero-order chi connectivity index (χ0) is 7.28. The van der Waals surface area contributed by atoms with Crippen LogP contribution in [0.25, 0.3) is 0 Å². The van der Waals surface area contributed by atoms with Crippen LogP contribution in [0.3, 0.4) is 0 Å². The van der Waals surface area contributed by atoms with Crippen molar-refractivity contribution in [1.29, 1.82) is 5.41 Å². The summed E-state index contributed by atoms with van der Waals surface area (Å²) < 4.78 is 0. The van der Waals surface area contributed by atoms with Crippen molar-refractivity contribution in [2.45, 2.75) is 6.92 Å². The minimum Gasteiger partial charge on any atom is -0.392 e. The Morgan fingerprint density at radius 1 is 1.78 bits per heavy atom. The van der Waals surface area contributed by atoms with Crippen LogP contribution >= 0.6 is 0 Å². The number of nitrogens with two attached hydrogens (primary N) is 1. The van der Waals surface area contributed by atoms with E-state index in [-0.39, 0.29) is 0 Å². The Morgan fingerprint density at radius 2 is 2.33 bits per heavy atom. The van der Waals surface area contributed by atoms with Crippen LogP contribution in [0.5, 0.6) is 0 Å². The third-order valence-corrected chi connectivity index (χ3v) is 1.00. The molecule has 0 fully saturated rings. The average Bonchev–Trinajstić information content (AvgIpc) is 1.87. The lowest BCUT2D eigenvalue weighted by atomic mass is 10.3. The van der Waals surface area contributed by atoms with Gasteiger partial charge in [-0.25, -0.2) is 0 Å². The molecule has 0 bridgehead atoms. The minimum atomic E-state index is 0.305. The summed E-state index contributed by atoms with van der Waals surface area (Å²) in [4.78, 5) is 0. The fourth-order valence-electron chi connectivity index (χ4n) is 0.392. The molecule has 0 heterocycles. The Labute approximate surface area is 55.4 Å². The topological polar surface area (TPSA) is 61.9 Å². The van der Waals surface area contributed by atoms with E-state index in [4.69, 9.17) is 11.1 Å². The second-order valence-corrected chi connectivity index (χ2v) is 1.81. The van der Waals surface area contributed by atoms with Gasteiger partial charge in [-0.3, -0.25) is 0 Å². The molecule has 4 N–H and O–H groups in total. The lowest BCUT2D eigenvalue weighted by Crippen LogP contribution is -2.12. The molecule has 0 aromatic heterocycles. The lowest BCUT2D eigenvalue weighted by molar-refractivity contribution is 0.991. The second kappa shape index (κ2) is 4.09. The van der Waals surface area contributed by atoms with Gasteiger partial charge >= 0.3 is 0 Å². The van der Waals surface area contributed by atoms with Gasteiger partial charge in [0.1, 0.15) is 0 Å². The van der Waals surface area contributed by atoms with Gasteiger partial charge in [-0.15, -0.1) is 0 Å². The Morgan fingerprint density at radius 3 is 2.67 bits per heavy atom. The van der Waals surface area contributed by atoms with Gasteiger partial charge in [0.05, 0.1) is 0 Å². The van der Waals surface area contributed by atoms with Crippen molar-refractivity contribution in [3.8, 4) is 0 Å². The highest BCUT2D eigenvalue weighted by Gasteiger charge is 1.86. The van der Waals surface area contributed by atoms with Crippen molar-refractivity contribution < 1.29 is 0 Å². The van der Waals surface area contributed by atoms with Crippen molar-refractivity contribution >= 4 is 5.71 Å². The van der Waals surface area contributed by atoms with Crippen LogP contribution in [0.4, 0.5) is 0 Å². The Kier molecular flexibility index (Phi) is 3.71. The Hall–Kier alpha value is -0.830. The maximum Gasteiger partial charge on any atom is 0.0466 e. The summed E-state index contributed by atoms with van der Waals surface area (Å²) in [6.07, 6.45) is 1.71. The van der Waals surface area contributed by atoms with Crippen molar-refractivity contribution in [1.82, 2.24) is 5.32 Å². The summed E-state index contributed by atoms with van der Waals surface area (Å²) in [6, 6.07) is 0. The first-order chi connectivity index (χ1) is 4.20. The van der Waals surface area contributed by atoms with E-state index in [9.17, 15) is 0 Å². The number of nitrogens with one attached hydrogen (secondary N) is 2. The standard InChI is InChI=1S/C6H13N3/c1-5(9-2)3-6(8)4-7/h3,8-9H,4,7H2,1-2H3/b5-3-,8-6?. The van der Waals surface area contributed by atoms with Gasteiger partial charge in [0.25, 0.3) is 0 Å². The molecule has 0 aromatic carbocycles. The van der Waals surface area contributed by atoms with E-state index in [1.165, 1.54) is 0 Å². The highest BCUT2D eigenvalue weighted by molar-refractivity contribution is 5.94. The highest BCUT2D eigenvalue weighted by Crippen LogP contribution is 1.83. The van der Waals surface area contributed by atoms with Gasteiger partial charge < -0.3 is 16.5 Å². The first kappa shape index (κ1) is 8.17. The summed E-state index contributed by atoms with van der Waals surface area (Å²) in [5, 5.41) is 10.0. The molecule has 3 nitrogen and oxygen atoms in total. The lowest BCUT2D eigenvalue weighted by Gasteiger charge is -1.97. The van der Waals surface area contributed by atoms with E-state index in [1.54, 1.807) is 6.08 Å². The van der Waals surface area contributed by atoms with E-state index in [0.29, 0.717) is 12.3 Å². The van der Waals surface area contributed by atoms with Gasteiger partial charge in [-0.05, 0) is 13.0 Å². The highest BCUT2D eigenvalue weighted by atomic mass is 14.8. The third kappa shape index (κ3) is 3.73. The Bertz CT molecular complexity index is 126. The average molecular weight is 127 g/mol. The van der Waals surface area contributed by atoms with E-state index in [1.807, 2.05) is 14.0 Å². The summed E-state index contributed by atoms with van der Waals surface area (Å²) in [6.45, 7) is 2.20. The maximum atomic E-state index is 7.13. The van der Waals surface area contributed by atoms with Crippen LogP contribution < -0.4 is 11.1 Å². The summed E-state index contributed by atoms with van der Waals surface area (Å²) >= 11 is 0. The molecule has 0 spiro atoms. The second-order valence-electron chi connectivity index (χ2n) is 1.81. The molecule has 0 aliphatic carbocycles. The van der Waals surface area contributed by atoms with E-state index < -0.39 is 0 Å². The number of rotatable bonds is 3. The van der Waals surface area contributed by atoms with Gasteiger partial charge in [0, 0.05) is 25.0 Å². The quantitative estimate of drug-likeness (QED) is 0.470. The molecule has 3 heteroatoms. The smallest absolute Gasteiger partial charge is 0.0466 e. The monoisotopic (exact) mass is 127 g/mol. The molecule has 0 rings (SSSR count). The van der Waals surface area contributed by atoms with E-state index in [2.05, 4.69) is 5.32 Å². The molecular weight excluding hydrogens is 114 g/mol. The van der Waals surface area contributed by atoms with Crippen molar-refractivity contribution in [3.05, 3.63) is 11.8 Å². The van der Waals surface area contributed by atoms with Gasteiger partial charge in [-0.1, -0.05) is 0 Å². The molecule has 0 amide bonds. The largest absolute Gasteiger partial charge is 0.392 e. The van der Waals surface area contributed by atoms with Gasteiger partial charge in [-0.2, -0.15) is 0 Å². The summed E-state index contributed by atoms with van der Waals surface area (Å²) in [5.41, 5.74) is 6.59. The predicted molar refractivity (Wildman–Crippen MR) is 39.6 cm³/mol. The molecule has 52 valence electrons. The third-order valence-electron chi connectivity index (χ3n) is 1.00. The van der Waals surface area contributed by atoms with Crippen molar-refractivity contribution in [2.24, 2.45) is 5.73 Å². The summed E-state index contributed by atoms with van der Waals surface area (Å²) in [7, 11) is 1.82. The first-order valence-electron chi connectivity index (χ1n) is 2.84. The van der Waals surface area contributed by atoms with Crippen LogP contribution in [-0.4, -0.2) is 19.3 Å². The molecular formula is C6H13N3. The van der Waals surface area contributed by atoms with Gasteiger partial charge in [0.2, 0.25) is 0 Å². The van der Waals surface area contributed by atoms with Crippen LogP contribution in [-0.2, 0) is 0 Å². The zero-order valence-electron chi connectivity index (χ0n) is 5.86. The van der Waals surface area contributed by atoms with Crippen molar-refractivity contribution in [3.63, 3.8) is 0 Å². The molecule has 0 saturated heterocycles. The van der Waals surface area contributed by atoms with Crippen LogP contribution in [0, 0.1) is 5.41 Å².